The molecule has 3 rings (SSSR count). The third-order valence-corrected chi connectivity index (χ3v) is 4.27. The van der Waals surface area contributed by atoms with Crippen molar-refractivity contribution < 1.29 is 0 Å². The van der Waals surface area contributed by atoms with E-state index in [0.717, 1.165) is 13.0 Å². The van der Waals surface area contributed by atoms with Crippen LogP contribution >= 0.6 is 0 Å². The SMILES string of the molecule is CCn1c2ccccc2c2cc([C@H](N)CC(C)C)ccc21. The highest BCUT2D eigenvalue weighted by atomic mass is 15.0. The molecule has 0 saturated heterocycles. The minimum Gasteiger partial charge on any atom is -0.341 e. The summed E-state index contributed by atoms with van der Waals surface area (Å²) in [5, 5.41) is 2.65. The monoisotopic (exact) mass is 280 g/mol. The van der Waals surface area contributed by atoms with Crippen molar-refractivity contribution >= 4 is 21.8 Å². The number of para-hydroxylation sites is 1. The summed E-state index contributed by atoms with van der Waals surface area (Å²) in [4.78, 5) is 0. The lowest BCUT2D eigenvalue weighted by Gasteiger charge is -2.14. The maximum atomic E-state index is 6.36. The first kappa shape index (κ1) is 14.2. The van der Waals surface area contributed by atoms with Crippen LogP contribution in [0.4, 0.5) is 0 Å². The van der Waals surface area contributed by atoms with Gasteiger partial charge in [0.2, 0.25) is 0 Å². The fraction of sp³-hybridized carbons (Fsp3) is 0.368. The quantitative estimate of drug-likeness (QED) is 0.727. The predicted octanol–water partition coefficient (Wildman–Crippen LogP) is 4.86. The van der Waals surface area contributed by atoms with E-state index in [1.165, 1.54) is 27.4 Å². The zero-order valence-electron chi connectivity index (χ0n) is 13.1. The Morgan fingerprint density at radius 2 is 1.71 bits per heavy atom. The molecule has 0 aliphatic carbocycles. The van der Waals surface area contributed by atoms with E-state index >= 15 is 0 Å². The van der Waals surface area contributed by atoms with Crippen molar-refractivity contribution in [2.45, 2.75) is 39.8 Å². The van der Waals surface area contributed by atoms with Crippen LogP contribution in [0.15, 0.2) is 42.5 Å². The summed E-state index contributed by atoms with van der Waals surface area (Å²) in [6.45, 7) is 7.63. The number of aromatic nitrogens is 1. The van der Waals surface area contributed by atoms with Crippen molar-refractivity contribution in [3.05, 3.63) is 48.0 Å². The molecule has 21 heavy (non-hydrogen) atoms. The normalized spacial score (nSPS) is 13.4. The highest BCUT2D eigenvalue weighted by Gasteiger charge is 2.13. The molecule has 2 N–H and O–H groups in total. The lowest BCUT2D eigenvalue weighted by molar-refractivity contribution is 0.510. The van der Waals surface area contributed by atoms with E-state index in [2.05, 4.69) is 67.8 Å². The van der Waals surface area contributed by atoms with Crippen LogP contribution < -0.4 is 5.73 Å². The second-order valence-electron chi connectivity index (χ2n) is 6.27. The lowest BCUT2D eigenvalue weighted by Crippen LogP contribution is -2.12. The molecule has 0 spiro atoms. The summed E-state index contributed by atoms with van der Waals surface area (Å²) in [5.74, 6) is 0.618. The van der Waals surface area contributed by atoms with E-state index in [1.54, 1.807) is 0 Å². The smallest absolute Gasteiger partial charge is 0.0491 e. The third kappa shape index (κ3) is 2.44. The lowest BCUT2D eigenvalue weighted by atomic mass is 9.96. The van der Waals surface area contributed by atoms with Gasteiger partial charge in [0.05, 0.1) is 0 Å². The maximum absolute atomic E-state index is 6.36. The number of hydrogen-bond donors (Lipinski definition) is 1. The minimum atomic E-state index is 0.123. The van der Waals surface area contributed by atoms with Gasteiger partial charge in [-0.3, -0.25) is 0 Å². The van der Waals surface area contributed by atoms with Gasteiger partial charge in [0.15, 0.2) is 0 Å². The van der Waals surface area contributed by atoms with Crippen LogP contribution in [0.25, 0.3) is 21.8 Å². The number of aryl methyl sites for hydroxylation is 1. The van der Waals surface area contributed by atoms with Crippen molar-refractivity contribution in [1.82, 2.24) is 4.57 Å². The van der Waals surface area contributed by atoms with E-state index < -0.39 is 0 Å². The molecule has 2 aromatic carbocycles. The predicted molar refractivity (Wildman–Crippen MR) is 91.5 cm³/mol. The summed E-state index contributed by atoms with van der Waals surface area (Å²) in [6.07, 6.45) is 1.03. The van der Waals surface area contributed by atoms with Gasteiger partial charge < -0.3 is 10.3 Å². The molecular weight excluding hydrogens is 256 g/mol. The Morgan fingerprint density at radius 1 is 1.00 bits per heavy atom. The molecule has 0 unspecified atom stereocenters. The van der Waals surface area contributed by atoms with Crippen LogP contribution in [-0.4, -0.2) is 4.57 Å². The van der Waals surface area contributed by atoms with Gasteiger partial charge >= 0.3 is 0 Å². The van der Waals surface area contributed by atoms with Gasteiger partial charge in [-0.2, -0.15) is 0 Å². The molecule has 1 aromatic heterocycles. The van der Waals surface area contributed by atoms with Crippen molar-refractivity contribution in [3.63, 3.8) is 0 Å². The summed E-state index contributed by atoms with van der Waals surface area (Å²) >= 11 is 0. The van der Waals surface area contributed by atoms with E-state index in [0.29, 0.717) is 5.92 Å². The van der Waals surface area contributed by atoms with Gasteiger partial charge in [-0.15, -0.1) is 0 Å². The number of fused-ring (bicyclic) bond motifs is 3. The second kappa shape index (κ2) is 5.53. The van der Waals surface area contributed by atoms with Crippen LogP contribution in [0.5, 0.6) is 0 Å². The number of benzene rings is 2. The third-order valence-electron chi connectivity index (χ3n) is 4.27. The summed E-state index contributed by atoms with van der Waals surface area (Å²) < 4.78 is 2.38. The second-order valence-corrected chi connectivity index (χ2v) is 6.27. The van der Waals surface area contributed by atoms with E-state index in [-0.39, 0.29) is 6.04 Å². The Kier molecular flexibility index (Phi) is 3.73. The largest absolute Gasteiger partial charge is 0.341 e. The summed E-state index contributed by atoms with van der Waals surface area (Å²) in [6, 6.07) is 15.5. The standard InChI is InChI=1S/C19H24N2/c1-4-21-18-8-6-5-7-15(18)16-12-14(9-10-19(16)21)17(20)11-13(2)3/h5-10,12-13,17H,4,11,20H2,1-3H3/t17-/m1/s1. The van der Waals surface area contributed by atoms with Crippen LogP contribution in [-0.2, 0) is 6.54 Å². The Balaban J connectivity index is 2.19. The number of hydrogen-bond acceptors (Lipinski definition) is 1. The molecule has 0 fully saturated rings. The summed E-state index contributed by atoms with van der Waals surface area (Å²) in [5.41, 5.74) is 10.2. The number of nitrogens with two attached hydrogens (primary N) is 1. The van der Waals surface area contributed by atoms with Crippen LogP contribution in [0.2, 0.25) is 0 Å². The minimum absolute atomic E-state index is 0.123. The molecule has 0 aliphatic heterocycles. The Morgan fingerprint density at radius 3 is 2.43 bits per heavy atom. The molecule has 0 aliphatic rings. The van der Waals surface area contributed by atoms with Crippen molar-refractivity contribution in [3.8, 4) is 0 Å². The van der Waals surface area contributed by atoms with E-state index in [1.807, 2.05) is 0 Å². The average Bonchev–Trinajstić information content (AvgIpc) is 2.79. The fourth-order valence-corrected chi connectivity index (χ4v) is 3.29. The van der Waals surface area contributed by atoms with Gasteiger partial charge in [0.1, 0.15) is 0 Å². The Hall–Kier alpha value is -1.80. The average molecular weight is 280 g/mol. The number of nitrogens with zero attached hydrogens (tertiary/aromatic N) is 1. The molecule has 1 atom stereocenters. The van der Waals surface area contributed by atoms with E-state index in [9.17, 15) is 0 Å². The van der Waals surface area contributed by atoms with Crippen LogP contribution in [0.3, 0.4) is 0 Å². The molecule has 110 valence electrons. The molecular formula is C19H24N2. The van der Waals surface area contributed by atoms with Crippen molar-refractivity contribution in [1.29, 1.82) is 0 Å². The van der Waals surface area contributed by atoms with Gasteiger partial charge in [0, 0.05) is 34.4 Å². The van der Waals surface area contributed by atoms with Gasteiger partial charge in [-0.1, -0.05) is 38.1 Å². The van der Waals surface area contributed by atoms with Gasteiger partial charge in [0.25, 0.3) is 0 Å². The Labute approximate surface area is 126 Å². The van der Waals surface area contributed by atoms with Crippen LogP contribution in [0, 0.1) is 5.92 Å². The van der Waals surface area contributed by atoms with E-state index in [4.69, 9.17) is 5.73 Å². The Bertz CT molecular complexity index is 768. The topological polar surface area (TPSA) is 30.9 Å². The first-order valence-electron chi connectivity index (χ1n) is 7.88. The first-order chi connectivity index (χ1) is 10.1. The van der Waals surface area contributed by atoms with Gasteiger partial charge in [-0.05, 0) is 43.0 Å². The zero-order valence-corrected chi connectivity index (χ0v) is 13.1. The fourth-order valence-electron chi connectivity index (χ4n) is 3.29. The highest BCUT2D eigenvalue weighted by Crippen LogP contribution is 2.31. The molecule has 0 saturated carbocycles. The molecule has 2 nitrogen and oxygen atoms in total. The first-order valence-corrected chi connectivity index (χ1v) is 7.88. The molecule has 0 amide bonds. The zero-order chi connectivity index (χ0) is 15.0. The summed E-state index contributed by atoms with van der Waals surface area (Å²) in [7, 11) is 0. The van der Waals surface area contributed by atoms with Crippen molar-refractivity contribution in [2.24, 2.45) is 11.7 Å². The van der Waals surface area contributed by atoms with Crippen LogP contribution in [0.1, 0.15) is 38.8 Å². The maximum Gasteiger partial charge on any atom is 0.0491 e. The molecule has 0 bridgehead atoms. The molecule has 1 heterocycles. The molecule has 3 aromatic rings. The number of rotatable bonds is 4. The van der Waals surface area contributed by atoms with Gasteiger partial charge in [-0.25, -0.2) is 0 Å². The molecule has 0 radical (unpaired) electrons. The highest BCUT2D eigenvalue weighted by molar-refractivity contribution is 6.08. The molecule has 2 heteroatoms. The van der Waals surface area contributed by atoms with Crippen molar-refractivity contribution in [2.75, 3.05) is 0 Å².